The first kappa shape index (κ1) is 21.3. The van der Waals surface area contributed by atoms with E-state index in [9.17, 15) is 13.2 Å². The number of amides is 1. The molecule has 1 heterocycles. The molecular formula is C22H28N2O4S. The number of sulfonamides is 1. The highest BCUT2D eigenvalue weighted by Crippen LogP contribution is 2.22. The molecule has 1 fully saturated rings. The molecule has 1 aliphatic heterocycles. The van der Waals surface area contributed by atoms with Gasteiger partial charge in [0.05, 0.1) is 4.90 Å². The van der Waals surface area contributed by atoms with Gasteiger partial charge in [0.2, 0.25) is 10.0 Å². The maximum absolute atomic E-state index is 12.7. The van der Waals surface area contributed by atoms with Crippen molar-refractivity contribution in [2.24, 2.45) is 0 Å². The minimum absolute atomic E-state index is 0.250. The van der Waals surface area contributed by atoms with E-state index in [2.05, 4.69) is 5.32 Å². The van der Waals surface area contributed by atoms with Crippen LogP contribution in [-0.2, 0) is 14.8 Å². The Morgan fingerprint density at radius 3 is 2.41 bits per heavy atom. The fourth-order valence-electron chi connectivity index (χ4n) is 3.36. The molecule has 0 bridgehead atoms. The van der Waals surface area contributed by atoms with E-state index in [0.29, 0.717) is 30.9 Å². The molecule has 2 aromatic carbocycles. The summed E-state index contributed by atoms with van der Waals surface area (Å²) < 4.78 is 32.8. The normalized spacial score (nSPS) is 16.2. The van der Waals surface area contributed by atoms with E-state index in [-0.39, 0.29) is 10.8 Å². The molecule has 0 aromatic heterocycles. The summed E-state index contributed by atoms with van der Waals surface area (Å²) in [5, 5.41) is 2.81. The highest BCUT2D eigenvalue weighted by molar-refractivity contribution is 7.89. The first-order chi connectivity index (χ1) is 13.9. The molecule has 1 amide bonds. The fraction of sp³-hybridized carbons (Fsp3) is 0.409. The van der Waals surface area contributed by atoms with Crippen LogP contribution in [0.15, 0.2) is 53.4 Å². The number of hydrogen-bond donors (Lipinski definition) is 1. The van der Waals surface area contributed by atoms with Crippen molar-refractivity contribution in [3.8, 4) is 5.75 Å². The highest BCUT2D eigenvalue weighted by atomic mass is 32.2. The number of rotatable bonds is 7. The third-order valence-corrected chi connectivity index (χ3v) is 6.92. The van der Waals surface area contributed by atoms with Gasteiger partial charge in [0, 0.05) is 18.8 Å². The Balaban J connectivity index is 1.65. The molecule has 0 radical (unpaired) electrons. The molecule has 0 saturated carbocycles. The predicted octanol–water partition coefficient (Wildman–Crippen LogP) is 3.97. The van der Waals surface area contributed by atoms with E-state index in [1.807, 2.05) is 38.1 Å². The van der Waals surface area contributed by atoms with Crippen LogP contribution >= 0.6 is 0 Å². The van der Waals surface area contributed by atoms with Crippen molar-refractivity contribution < 1.29 is 17.9 Å². The smallest absolute Gasteiger partial charge is 0.265 e. The molecule has 2 aromatic rings. The molecule has 1 N–H and O–H groups in total. The van der Waals surface area contributed by atoms with Crippen LogP contribution in [0.2, 0.25) is 0 Å². The minimum Gasteiger partial charge on any atom is -0.481 e. The molecule has 1 saturated heterocycles. The van der Waals surface area contributed by atoms with Gasteiger partial charge >= 0.3 is 0 Å². The average Bonchev–Trinajstić information content (AvgIpc) is 2.73. The summed E-state index contributed by atoms with van der Waals surface area (Å²) in [6.07, 6.45) is 2.74. The van der Waals surface area contributed by atoms with Crippen LogP contribution in [0.3, 0.4) is 0 Å². The number of ether oxygens (including phenoxy) is 1. The summed E-state index contributed by atoms with van der Waals surface area (Å²) in [4.78, 5) is 12.8. The minimum atomic E-state index is -3.48. The van der Waals surface area contributed by atoms with Crippen LogP contribution in [0.5, 0.6) is 5.75 Å². The lowest BCUT2D eigenvalue weighted by Crippen LogP contribution is -2.35. The van der Waals surface area contributed by atoms with E-state index >= 15 is 0 Å². The van der Waals surface area contributed by atoms with Gasteiger partial charge in [-0.3, -0.25) is 4.79 Å². The van der Waals surface area contributed by atoms with Crippen molar-refractivity contribution in [1.29, 1.82) is 0 Å². The molecule has 156 valence electrons. The van der Waals surface area contributed by atoms with Crippen molar-refractivity contribution in [3.05, 3.63) is 54.1 Å². The zero-order valence-electron chi connectivity index (χ0n) is 16.9. The number of carbonyl (C=O) groups excluding carboxylic acids is 1. The molecule has 1 atom stereocenters. The Labute approximate surface area is 172 Å². The Hall–Kier alpha value is -2.38. The average molecular weight is 417 g/mol. The second-order valence-corrected chi connectivity index (χ2v) is 9.25. The molecule has 7 heteroatoms. The summed E-state index contributed by atoms with van der Waals surface area (Å²) >= 11 is 0. The van der Waals surface area contributed by atoms with Crippen molar-refractivity contribution in [2.75, 3.05) is 18.4 Å². The number of benzene rings is 2. The number of hydrogen-bond acceptors (Lipinski definition) is 4. The number of piperidine rings is 1. The number of aryl methyl sites for hydroxylation is 1. The molecular weight excluding hydrogens is 388 g/mol. The molecule has 0 aliphatic carbocycles. The molecule has 0 unspecified atom stereocenters. The molecule has 3 rings (SSSR count). The summed E-state index contributed by atoms with van der Waals surface area (Å²) in [7, 11) is -3.48. The third kappa shape index (κ3) is 5.36. The van der Waals surface area contributed by atoms with Crippen molar-refractivity contribution in [2.45, 2.75) is 50.5 Å². The Kier molecular flexibility index (Phi) is 6.92. The van der Waals surface area contributed by atoms with Crippen LogP contribution < -0.4 is 10.1 Å². The van der Waals surface area contributed by atoms with Gasteiger partial charge < -0.3 is 10.1 Å². The Morgan fingerprint density at radius 1 is 1.10 bits per heavy atom. The van der Waals surface area contributed by atoms with Gasteiger partial charge in [0.1, 0.15) is 5.75 Å². The number of anilines is 1. The van der Waals surface area contributed by atoms with E-state index in [1.54, 1.807) is 24.3 Å². The van der Waals surface area contributed by atoms with Crippen LogP contribution in [-0.4, -0.2) is 37.8 Å². The monoisotopic (exact) mass is 416 g/mol. The van der Waals surface area contributed by atoms with Crippen LogP contribution in [0.4, 0.5) is 5.69 Å². The van der Waals surface area contributed by atoms with Crippen molar-refractivity contribution in [3.63, 3.8) is 0 Å². The Bertz CT molecular complexity index is 936. The summed E-state index contributed by atoms with van der Waals surface area (Å²) in [5.74, 6) is 0.385. The van der Waals surface area contributed by atoms with E-state index < -0.39 is 16.1 Å². The van der Waals surface area contributed by atoms with Gasteiger partial charge in [-0.05, 0) is 68.1 Å². The largest absolute Gasteiger partial charge is 0.481 e. The second-order valence-electron chi connectivity index (χ2n) is 7.31. The first-order valence-electron chi connectivity index (χ1n) is 10.0. The number of nitrogens with zero attached hydrogens (tertiary/aromatic N) is 1. The standard InChI is InChI=1S/C22H28N2O4S/c1-3-21(28-19-9-7-8-17(2)16-19)22(25)23-18-10-12-20(13-11-18)29(26,27)24-14-5-4-6-15-24/h7-13,16,21H,3-6,14-15H2,1-2H3,(H,23,25)/t21-/m0/s1. The third-order valence-electron chi connectivity index (χ3n) is 5.01. The van der Waals surface area contributed by atoms with Crippen molar-refractivity contribution >= 4 is 21.6 Å². The second kappa shape index (κ2) is 9.41. The van der Waals surface area contributed by atoms with Crippen LogP contribution in [0.1, 0.15) is 38.2 Å². The molecule has 29 heavy (non-hydrogen) atoms. The lowest BCUT2D eigenvalue weighted by molar-refractivity contribution is -0.122. The summed E-state index contributed by atoms with van der Waals surface area (Å²) in [6, 6.07) is 13.9. The zero-order chi connectivity index (χ0) is 20.9. The summed E-state index contributed by atoms with van der Waals surface area (Å²) in [6.45, 7) is 4.98. The molecule has 0 spiro atoms. The Morgan fingerprint density at radius 2 is 1.79 bits per heavy atom. The maximum Gasteiger partial charge on any atom is 0.265 e. The topological polar surface area (TPSA) is 75.7 Å². The molecule has 6 nitrogen and oxygen atoms in total. The lowest BCUT2D eigenvalue weighted by atomic mass is 10.2. The molecule has 1 aliphatic rings. The maximum atomic E-state index is 12.7. The van der Waals surface area contributed by atoms with Crippen LogP contribution in [0, 0.1) is 6.92 Å². The van der Waals surface area contributed by atoms with Gasteiger partial charge in [0.25, 0.3) is 5.91 Å². The highest BCUT2D eigenvalue weighted by Gasteiger charge is 2.26. The predicted molar refractivity (Wildman–Crippen MR) is 114 cm³/mol. The van der Waals surface area contributed by atoms with E-state index in [0.717, 1.165) is 24.8 Å². The lowest BCUT2D eigenvalue weighted by Gasteiger charge is -2.26. The number of carbonyl (C=O) groups is 1. The van der Waals surface area contributed by atoms with Crippen molar-refractivity contribution in [1.82, 2.24) is 4.31 Å². The SMILES string of the molecule is CC[C@H](Oc1cccc(C)c1)C(=O)Nc1ccc(S(=O)(=O)N2CCCCC2)cc1. The van der Waals surface area contributed by atoms with Gasteiger partial charge in [-0.15, -0.1) is 0 Å². The van der Waals surface area contributed by atoms with Gasteiger partial charge in [-0.2, -0.15) is 4.31 Å². The van der Waals surface area contributed by atoms with Gasteiger partial charge in [0.15, 0.2) is 6.10 Å². The first-order valence-corrected chi connectivity index (χ1v) is 11.5. The van der Waals surface area contributed by atoms with Gasteiger partial charge in [-0.1, -0.05) is 25.5 Å². The zero-order valence-corrected chi connectivity index (χ0v) is 17.7. The van der Waals surface area contributed by atoms with E-state index in [1.165, 1.54) is 4.31 Å². The summed E-state index contributed by atoms with van der Waals surface area (Å²) in [5.41, 5.74) is 1.60. The fourth-order valence-corrected chi connectivity index (χ4v) is 4.88. The number of nitrogens with one attached hydrogen (secondary N) is 1. The van der Waals surface area contributed by atoms with E-state index in [4.69, 9.17) is 4.74 Å². The quantitative estimate of drug-likeness (QED) is 0.741. The van der Waals surface area contributed by atoms with Gasteiger partial charge in [-0.25, -0.2) is 8.42 Å². The van der Waals surface area contributed by atoms with Crippen LogP contribution in [0.25, 0.3) is 0 Å².